The lowest BCUT2D eigenvalue weighted by Crippen LogP contribution is -1.89. The molecule has 0 aromatic heterocycles. The summed E-state index contributed by atoms with van der Waals surface area (Å²) in [6.45, 7) is 5.98. The van der Waals surface area contributed by atoms with Crippen LogP contribution in [0.2, 0.25) is 5.54 Å². The third kappa shape index (κ3) is 5.83. The Balaban J connectivity index is 3.04. The molecule has 0 saturated carbocycles. The van der Waals surface area contributed by atoms with Gasteiger partial charge in [0.1, 0.15) is 0 Å². The molecule has 0 aliphatic heterocycles. The minimum Gasteiger partial charge on any atom is -0.103 e. The van der Waals surface area contributed by atoms with E-state index in [-0.39, 0.29) is 0 Å². The summed E-state index contributed by atoms with van der Waals surface area (Å²) in [7, 11) is 1.34. The summed E-state index contributed by atoms with van der Waals surface area (Å²) in [6.07, 6.45) is 7.46. The molecule has 0 saturated heterocycles. The summed E-state index contributed by atoms with van der Waals surface area (Å²) in [6, 6.07) is 0. The summed E-state index contributed by atoms with van der Waals surface area (Å²) < 4.78 is 0. The second-order valence-electron chi connectivity index (χ2n) is 2.77. The van der Waals surface area contributed by atoms with E-state index in [1.54, 1.807) is 0 Å². The standard InChI is InChI=1S/C8H18Si/c1-3-5-7-8(9)6-4-2/h4,8H,2-3,5-7H2,1,9H3. The molecule has 0 fully saturated rings. The maximum Gasteiger partial charge on any atom is 0.00712 e. The van der Waals surface area contributed by atoms with Gasteiger partial charge in [0, 0.05) is 10.2 Å². The molecule has 1 heteroatoms. The van der Waals surface area contributed by atoms with Gasteiger partial charge < -0.3 is 0 Å². The molecule has 0 radical (unpaired) electrons. The minimum absolute atomic E-state index is 0.988. The van der Waals surface area contributed by atoms with Gasteiger partial charge in [-0.15, -0.1) is 6.58 Å². The molecule has 1 unspecified atom stereocenters. The van der Waals surface area contributed by atoms with Crippen LogP contribution in [-0.4, -0.2) is 10.2 Å². The van der Waals surface area contributed by atoms with Crippen molar-refractivity contribution in [2.75, 3.05) is 0 Å². The predicted octanol–water partition coefficient (Wildman–Crippen LogP) is 1.91. The van der Waals surface area contributed by atoms with Crippen LogP contribution in [0.15, 0.2) is 12.7 Å². The number of hydrogen-bond acceptors (Lipinski definition) is 0. The Kier molecular flexibility index (Phi) is 6.05. The molecule has 0 aromatic rings. The first-order chi connectivity index (χ1) is 4.31. The van der Waals surface area contributed by atoms with Crippen molar-refractivity contribution in [2.45, 2.75) is 38.1 Å². The molecular formula is C8H18Si. The topological polar surface area (TPSA) is 0 Å². The summed E-state index contributed by atoms with van der Waals surface area (Å²) in [4.78, 5) is 0. The van der Waals surface area contributed by atoms with Gasteiger partial charge in [0.25, 0.3) is 0 Å². The van der Waals surface area contributed by atoms with E-state index in [0.717, 1.165) is 5.54 Å². The van der Waals surface area contributed by atoms with E-state index in [4.69, 9.17) is 0 Å². The van der Waals surface area contributed by atoms with Crippen molar-refractivity contribution in [3.05, 3.63) is 12.7 Å². The molecule has 54 valence electrons. The van der Waals surface area contributed by atoms with Crippen LogP contribution in [0.5, 0.6) is 0 Å². The van der Waals surface area contributed by atoms with E-state index in [0.29, 0.717) is 0 Å². The van der Waals surface area contributed by atoms with Crippen LogP contribution in [0.25, 0.3) is 0 Å². The molecule has 0 spiro atoms. The highest BCUT2D eigenvalue weighted by molar-refractivity contribution is 6.11. The summed E-state index contributed by atoms with van der Waals surface area (Å²) in [5.41, 5.74) is 0.988. The Morgan fingerprint density at radius 1 is 1.67 bits per heavy atom. The van der Waals surface area contributed by atoms with E-state index in [9.17, 15) is 0 Å². The van der Waals surface area contributed by atoms with E-state index in [1.807, 2.05) is 6.08 Å². The molecule has 0 aromatic carbocycles. The van der Waals surface area contributed by atoms with Crippen molar-refractivity contribution in [3.8, 4) is 0 Å². The predicted molar refractivity (Wildman–Crippen MR) is 48.0 cm³/mol. The lowest BCUT2D eigenvalue weighted by atomic mass is 10.1. The van der Waals surface area contributed by atoms with Gasteiger partial charge in [0.05, 0.1) is 0 Å². The van der Waals surface area contributed by atoms with Gasteiger partial charge in [-0.25, -0.2) is 0 Å². The lowest BCUT2D eigenvalue weighted by molar-refractivity contribution is 0.673. The first-order valence-electron chi connectivity index (χ1n) is 3.92. The fourth-order valence-electron chi connectivity index (χ4n) is 0.955. The number of unbranched alkanes of at least 4 members (excludes halogenated alkanes) is 1. The zero-order chi connectivity index (χ0) is 7.11. The Morgan fingerprint density at radius 2 is 2.33 bits per heavy atom. The van der Waals surface area contributed by atoms with Gasteiger partial charge in [-0.3, -0.25) is 0 Å². The van der Waals surface area contributed by atoms with E-state index in [2.05, 4.69) is 13.5 Å². The van der Waals surface area contributed by atoms with Gasteiger partial charge in [-0.2, -0.15) is 0 Å². The van der Waals surface area contributed by atoms with Gasteiger partial charge in [0.2, 0.25) is 0 Å². The highest BCUT2D eigenvalue weighted by atomic mass is 28.1. The molecule has 1 atom stereocenters. The first kappa shape index (κ1) is 8.96. The fourth-order valence-corrected chi connectivity index (χ4v) is 1.70. The zero-order valence-corrected chi connectivity index (χ0v) is 8.69. The highest BCUT2D eigenvalue weighted by Crippen LogP contribution is 2.14. The van der Waals surface area contributed by atoms with Gasteiger partial charge >= 0.3 is 0 Å². The Labute approximate surface area is 61.8 Å². The van der Waals surface area contributed by atoms with Crippen LogP contribution in [-0.2, 0) is 0 Å². The third-order valence-electron chi connectivity index (χ3n) is 1.62. The van der Waals surface area contributed by atoms with Crippen molar-refractivity contribution >= 4 is 10.2 Å². The Hall–Kier alpha value is -0.0431. The first-order valence-corrected chi connectivity index (χ1v) is 5.07. The second-order valence-corrected chi connectivity index (χ2v) is 4.40. The van der Waals surface area contributed by atoms with Crippen LogP contribution in [0.3, 0.4) is 0 Å². The molecular weight excluding hydrogens is 124 g/mol. The van der Waals surface area contributed by atoms with E-state index in [1.165, 1.54) is 35.9 Å². The maximum absolute atomic E-state index is 3.73. The molecule has 0 N–H and O–H groups in total. The van der Waals surface area contributed by atoms with Crippen LogP contribution < -0.4 is 0 Å². The smallest absolute Gasteiger partial charge is 0.00712 e. The average Bonchev–Trinajstić information content (AvgIpc) is 1.85. The Bertz CT molecular complexity index is 69.0. The van der Waals surface area contributed by atoms with Crippen molar-refractivity contribution < 1.29 is 0 Å². The van der Waals surface area contributed by atoms with Crippen LogP contribution in [0.4, 0.5) is 0 Å². The van der Waals surface area contributed by atoms with E-state index >= 15 is 0 Å². The normalized spacial score (nSPS) is 13.4. The highest BCUT2D eigenvalue weighted by Gasteiger charge is 1.96. The van der Waals surface area contributed by atoms with Crippen molar-refractivity contribution in [1.82, 2.24) is 0 Å². The molecule has 0 rings (SSSR count). The minimum atomic E-state index is 0.988. The van der Waals surface area contributed by atoms with Crippen LogP contribution in [0.1, 0.15) is 32.6 Å². The van der Waals surface area contributed by atoms with Gasteiger partial charge in [-0.1, -0.05) is 37.8 Å². The molecule has 9 heavy (non-hydrogen) atoms. The quantitative estimate of drug-likeness (QED) is 0.406. The lowest BCUT2D eigenvalue weighted by Gasteiger charge is -2.05. The second kappa shape index (κ2) is 6.08. The number of allylic oxidation sites excluding steroid dienone is 1. The summed E-state index contributed by atoms with van der Waals surface area (Å²) >= 11 is 0. The number of hydrogen-bond donors (Lipinski definition) is 0. The summed E-state index contributed by atoms with van der Waals surface area (Å²) in [5, 5.41) is 0. The average molecular weight is 142 g/mol. The third-order valence-corrected chi connectivity index (χ3v) is 2.67. The van der Waals surface area contributed by atoms with Gasteiger partial charge in [0.15, 0.2) is 0 Å². The molecule has 0 aliphatic rings. The van der Waals surface area contributed by atoms with E-state index < -0.39 is 0 Å². The molecule has 0 nitrogen and oxygen atoms in total. The Morgan fingerprint density at radius 3 is 2.78 bits per heavy atom. The SMILES string of the molecule is C=CCC([SiH3])CCCC. The molecule has 0 amide bonds. The molecule has 0 bridgehead atoms. The van der Waals surface area contributed by atoms with Crippen molar-refractivity contribution in [3.63, 3.8) is 0 Å². The maximum atomic E-state index is 3.73. The van der Waals surface area contributed by atoms with Crippen molar-refractivity contribution in [2.24, 2.45) is 0 Å². The zero-order valence-electron chi connectivity index (χ0n) is 6.69. The van der Waals surface area contributed by atoms with Crippen LogP contribution in [0, 0.1) is 0 Å². The fraction of sp³-hybridized carbons (Fsp3) is 0.750. The van der Waals surface area contributed by atoms with Crippen molar-refractivity contribution in [1.29, 1.82) is 0 Å². The summed E-state index contributed by atoms with van der Waals surface area (Å²) in [5.74, 6) is 0. The molecule has 0 aliphatic carbocycles. The number of rotatable bonds is 5. The van der Waals surface area contributed by atoms with Gasteiger partial charge in [-0.05, 0) is 6.42 Å². The van der Waals surface area contributed by atoms with Crippen LogP contribution >= 0.6 is 0 Å². The molecule has 0 heterocycles. The largest absolute Gasteiger partial charge is 0.103 e. The monoisotopic (exact) mass is 142 g/mol.